The number of carbonyl (C=O) groups excluding carboxylic acids is 1. The minimum absolute atomic E-state index is 0.167. The van der Waals surface area contributed by atoms with Gasteiger partial charge < -0.3 is 0 Å². The standard InChI is InChI=1S/C26H23FN4O/c1-16(31-26-9-2-17(14-28)12-23(26)25(15-32)30-31)18-3-5-19(6-4-18)21-10-11-29-24-8-7-20(27)13-22(21)24/h2,7-13,16,18-19,30H,3-6H2,1H3/t16-,18?,19?/m1/s1. The largest absolute Gasteiger partial charge is 0.287 e. The number of fused-ring (bicyclic) bond motifs is 2. The molecule has 1 fully saturated rings. The van der Waals surface area contributed by atoms with Crippen molar-refractivity contribution >= 4 is 28.2 Å². The molecule has 0 spiro atoms. The highest BCUT2D eigenvalue weighted by atomic mass is 19.1. The average Bonchev–Trinajstić information content (AvgIpc) is 3.21. The SMILES string of the molecule is C[C@H](C1CCC(c2ccnc3ccc(F)cc23)CC1)N1NC(=C=O)c2cc(C#N)ccc21. The smallest absolute Gasteiger partial charge is 0.152 e. The van der Waals surface area contributed by atoms with E-state index in [0.29, 0.717) is 23.1 Å². The van der Waals surface area contributed by atoms with Crippen LogP contribution in [0.2, 0.25) is 0 Å². The van der Waals surface area contributed by atoms with Gasteiger partial charge in [0.2, 0.25) is 0 Å². The van der Waals surface area contributed by atoms with Crippen molar-refractivity contribution < 1.29 is 9.18 Å². The molecule has 0 bridgehead atoms. The van der Waals surface area contributed by atoms with Gasteiger partial charge in [-0.05, 0) is 92.5 Å². The molecule has 3 aromatic rings. The van der Waals surface area contributed by atoms with Crippen LogP contribution >= 0.6 is 0 Å². The first kappa shape index (κ1) is 20.2. The second-order valence-corrected chi connectivity index (χ2v) is 8.72. The first-order chi connectivity index (χ1) is 15.6. The van der Waals surface area contributed by atoms with Crippen molar-refractivity contribution in [2.45, 2.75) is 44.6 Å². The molecular formula is C26H23FN4O. The number of nitriles is 1. The van der Waals surface area contributed by atoms with Crippen molar-refractivity contribution in [2.24, 2.45) is 5.92 Å². The Labute approximate surface area is 186 Å². The Morgan fingerprint density at radius 1 is 1.16 bits per heavy atom. The number of halogens is 1. The number of anilines is 1. The van der Waals surface area contributed by atoms with Crippen LogP contribution in [0.3, 0.4) is 0 Å². The summed E-state index contributed by atoms with van der Waals surface area (Å²) in [6.45, 7) is 2.17. The van der Waals surface area contributed by atoms with Gasteiger partial charge in [-0.3, -0.25) is 15.4 Å². The van der Waals surface area contributed by atoms with Gasteiger partial charge in [0.1, 0.15) is 11.5 Å². The Bertz CT molecular complexity index is 1280. The van der Waals surface area contributed by atoms with Gasteiger partial charge in [0, 0.05) is 17.1 Å². The van der Waals surface area contributed by atoms with Crippen molar-refractivity contribution in [3.63, 3.8) is 0 Å². The van der Waals surface area contributed by atoms with Crippen molar-refractivity contribution in [3.8, 4) is 6.07 Å². The van der Waals surface area contributed by atoms with Crippen molar-refractivity contribution in [1.29, 1.82) is 5.26 Å². The Morgan fingerprint density at radius 3 is 2.72 bits per heavy atom. The van der Waals surface area contributed by atoms with E-state index in [-0.39, 0.29) is 11.9 Å². The second-order valence-electron chi connectivity index (χ2n) is 8.72. The van der Waals surface area contributed by atoms with Crippen LogP contribution in [-0.2, 0) is 4.79 Å². The monoisotopic (exact) mass is 426 g/mol. The van der Waals surface area contributed by atoms with E-state index in [1.807, 2.05) is 29.3 Å². The summed E-state index contributed by atoms with van der Waals surface area (Å²) in [5.74, 6) is 2.57. The highest BCUT2D eigenvalue weighted by Crippen LogP contribution is 2.42. The molecule has 0 saturated heterocycles. The van der Waals surface area contributed by atoms with Gasteiger partial charge in [0.05, 0.1) is 28.9 Å². The lowest BCUT2D eigenvalue weighted by Gasteiger charge is -2.37. The molecule has 6 heteroatoms. The molecule has 0 unspecified atom stereocenters. The Morgan fingerprint density at radius 2 is 1.97 bits per heavy atom. The number of hydrogen-bond donors (Lipinski definition) is 1. The number of nitrogens with zero attached hydrogens (tertiary/aromatic N) is 3. The number of hydrogen-bond acceptors (Lipinski definition) is 5. The quantitative estimate of drug-likeness (QED) is 0.590. The predicted molar refractivity (Wildman–Crippen MR) is 122 cm³/mol. The molecule has 2 aliphatic rings. The summed E-state index contributed by atoms with van der Waals surface area (Å²) in [5.41, 5.74) is 7.75. The fourth-order valence-corrected chi connectivity index (χ4v) is 5.27. The van der Waals surface area contributed by atoms with E-state index < -0.39 is 0 Å². The highest BCUT2D eigenvalue weighted by Gasteiger charge is 2.34. The van der Waals surface area contributed by atoms with Crippen LogP contribution in [0.25, 0.3) is 16.6 Å². The third kappa shape index (κ3) is 3.41. The molecule has 2 aromatic carbocycles. The van der Waals surface area contributed by atoms with Crippen LogP contribution in [0.15, 0.2) is 48.7 Å². The predicted octanol–water partition coefficient (Wildman–Crippen LogP) is 5.11. The molecular weight excluding hydrogens is 403 g/mol. The van der Waals surface area contributed by atoms with Gasteiger partial charge in [-0.2, -0.15) is 5.26 Å². The summed E-state index contributed by atoms with van der Waals surface area (Å²) in [7, 11) is 0. The lowest BCUT2D eigenvalue weighted by Crippen LogP contribution is -2.44. The van der Waals surface area contributed by atoms with E-state index >= 15 is 0 Å². The van der Waals surface area contributed by atoms with E-state index in [1.165, 1.54) is 11.6 Å². The Hall–Kier alpha value is -3.68. The maximum atomic E-state index is 13.9. The fraction of sp³-hybridized carbons (Fsp3) is 0.308. The number of rotatable bonds is 3. The molecule has 1 aromatic heterocycles. The zero-order valence-electron chi connectivity index (χ0n) is 17.8. The topological polar surface area (TPSA) is 69.0 Å². The van der Waals surface area contributed by atoms with E-state index in [1.54, 1.807) is 24.3 Å². The molecule has 32 heavy (non-hydrogen) atoms. The maximum Gasteiger partial charge on any atom is 0.152 e. The van der Waals surface area contributed by atoms with E-state index in [4.69, 9.17) is 0 Å². The van der Waals surface area contributed by atoms with Gasteiger partial charge in [0.25, 0.3) is 0 Å². The molecule has 5 rings (SSSR count). The van der Waals surface area contributed by atoms with Gasteiger partial charge in [-0.15, -0.1) is 0 Å². The molecule has 160 valence electrons. The van der Waals surface area contributed by atoms with Crippen LogP contribution in [0, 0.1) is 23.1 Å². The maximum absolute atomic E-state index is 13.9. The Kier molecular flexibility index (Phi) is 5.13. The van der Waals surface area contributed by atoms with Crippen LogP contribution in [0.1, 0.15) is 55.2 Å². The van der Waals surface area contributed by atoms with Gasteiger partial charge >= 0.3 is 0 Å². The molecule has 1 N–H and O–H groups in total. The molecule has 2 heterocycles. The highest BCUT2D eigenvalue weighted by molar-refractivity contribution is 5.95. The molecule has 1 atom stereocenters. The minimum Gasteiger partial charge on any atom is -0.287 e. The summed E-state index contributed by atoms with van der Waals surface area (Å²) >= 11 is 0. The number of aromatic nitrogens is 1. The first-order valence-corrected chi connectivity index (χ1v) is 11.0. The van der Waals surface area contributed by atoms with Crippen LogP contribution in [-0.4, -0.2) is 17.0 Å². The number of benzene rings is 2. The Balaban J connectivity index is 1.34. The number of hydrazine groups is 1. The number of nitrogens with one attached hydrogen (secondary N) is 1. The van der Waals surface area contributed by atoms with Crippen LogP contribution in [0.5, 0.6) is 0 Å². The summed E-state index contributed by atoms with van der Waals surface area (Å²) in [6, 6.07) is 14.5. The summed E-state index contributed by atoms with van der Waals surface area (Å²) in [6.07, 6.45) is 5.94. The summed E-state index contributed by atoms with van der Waals surface area (Å²) in [5, 5.41) is 12.1. The lowest BCUT2D eigenvalue weighted by molar-refractivity contribution is 0.279. The fourth-order valence-electron chi connectivity index (χ4n) is 5.27. The van der Waals surface area contributed by atoms with Crippen molar-refractivity contribution in [1.82, 2.24) is 10.4 Å². The van der Waals surface area contributed by atoms with Crippen LogP contribution < -0.4 is 10.4 Å². The van der Waals surface area contributed by atoms with E-state index in [9.17, 15) is 14.4 Å². The van der Waals surface area contributed by atoms with Crippen LogP contribution in [0.4, 0.5) is 10.1 Å². The molecule has 0 amide bonds. The van der Waals surface area contributed by atoms with E-state index in [0.717, 1.165) is 47.8 Å². The van der Waals surface area contributed by atoms with Gasteiger partial charge in [-0.1, -0.05) is 0 Å². The first-order valence-electron chi connectivity index (χ1n) is 11.0. The molecule has 1 aliphatic carbocycles. The molecule has 1 saturated carbocycles. The normalized spacial score (nSPS) is 20.9. The third-order valence-corrected chi connectivity index (χ3v) is 7.03. The van der Waals surface area contributed by atoms with E-state index in [2.05, 4.69) is 23.4 Å². The van der Waals surface area contributed by atoms with Crippen molar-refractivity contribution in [3.05, 3.63) is 71.2 Å². The molecule has 1 aliphatic heterocycles. The summed E-state index contributed by atoms with van der Waals surface area (Å²) in [4.78, 5) is 15.9. The number of pyridine rings is 1. The summed E-state index contributed by atoms with van der Waals surface area (Å²) < 4.78 is 13.9. The second kappa shape index (κ2) is 8.11. The minimum atomic E-state index is -0.230. The van der Waals surface area contributed by atoms with Crippen molar-refractivity contribution in [2.75, 3.05) is 5.01 Å². The zero-order valence-corrected chi connectivity index (χ0v) is 17.8. The van der Waals surface area contributed by atoms with Gasteiger partial charge in [0.15, 0.2) is 5.94 Å². The molecule has 0 radical (unpaired) electrons. The zero-order chi connectivity index (χ0) is 22.2. The molecule has 5 nitrogen and oxygen atoms in total. The average molecular weight is 426 g/mol. The third-order valence-electron chi connectivity index (χ3n) is 7.03. The van der Waals surface area contributed by atoms with Gasteiger partial charge in [-0.25, -0.2) is 9.18 Å². The lowest BCUT2D eigenvalue weighted by atomic mass is 9.75.